The maximum absolute atomic E-state index is 12.8. The van der Waals surface area contributed by atoms with Crippen molar-refractivity contribution in [2.75, 3.05) is 0 Å². The van der Waals surface area contributed by atoms with Crippen molar-refractivity contribution in [2.45, 2.75) is 33.4 Å². The van der Waals surface area contributed by atoms with Gasteiger partial charge in [0.05, 0.1) is 6.61 Å². The van der Waals surface area contributed by atoms with Gasteiger partial charge in [-0.2, -0.15) is 0 Å². The summed E-state index contributed by atoms with van der Waals surface area (Å²) >= 11 is 0. The van der Waals surface area contributed by atoms with E-state index in [1.54, 1.807) is 12.1 Å². The van der Waals surface area contributed by atoms with Gasteiger partial charge in [0, 0.05) is 12.1 Å². The second-order valence-corrected chi connectivity index (χ2v) is 3.00. The molecule has 14 heavy (non-hydrogen) atoms. The number of rotatable bonds is 2. The molecule has 0 amide bonds. The fraction of sp³-hybridized carbons (Fsp3) is 0.455. The zero-order valence-electron chi connectivity index (χ0n) is 8.76. The van der Waals surface area contributed by atoms with E-state index in [4.69, 9.17) is 10.8 Å². The van der Waals surface area contributed by atoms with Gasteiger partial charge in [0.15, 0.2) is 0 Å². The Morgan fingerprint density at radius 2 is 1.93 bits per heavy atom. The third-order valence-corrected chi connectivity index (χ3v) is 1.52. The lowest BCUT2D eigenvalue weighted by atomic mass is 10.1. The number of hydrogen-bond donors (Lipinski definition) is 2. The molecule has 3 heteroatoms. The van der Waals surface area contributed by atoms with E-state index in [1.165, 1.54) is 12.5 Å². The summed E-state index contributed by atoms with van der Waals surface area (Å²) in [7, 11) is 0. The molecule has 2 nitrogen and oxygen atoms in total. The SMILES string of the molecule is CCC.NCc1ccc(CO)cc1F. The molecule has 0 saturated heterocycles. The van der Waals surface area contributed by atoms with E-state index in [0.717, 1.165) is 0 Å². The summed E-state index contributed by atoms with van der Waals surface area (Å²) in [4.78, 5) is 0. The van der Waals surface area contributed by atoms with Crippen LogP contribution in [0.15, 0.2) is 18.2 Å². The Bertz CT molecular complexity index is 263. The van der Waals surface area contributed by atoms with Gasteiger partial charge >= 0.3 is 0 Å². The number of nitrogens with two attached hydrogens (primary N) is 1. The highest BCUT2D eigenvalue weighted by Crippen LogP contribution is 2.09. The molecule has 0 unspecified atom stereocenters. The van der Waals surface area contributed by atoms with E-state index in [0.29, 0.717) is 11.1 Å². The maximum atomic E-state index is 12.8. The molecule has 0 heterocycles. The first-order chi connectivity index (χ1) is 6.69. The minimum absolute atomic E-state index is 0.137. The van der Waals surface area contributed by atoms with Gasteiger partial charge < -0.3 is 10.8 Å². The molecule has 0 aliphatic carbocycles. The molecule has 0 fully saturated rings. The van der Waals surface area contributed by atoms with E-state index < -0.39 is 0 Å². The Labute approximate surface area is 84.6 Å². The first kappa shape index (κ1) is 13.1. The number of aliphatic hydroxyl groups is 1. The van der Waals surface area contributed by atoms with Gasteiger partial charge in [0.25, 0.3) is 0 Å². The van der Waals surface area contributed by atoms with Crippen LogP contribution in [0.25, 0.3) is 0 Å². The van der Waals surface area contributed by atoms with Gasteiger partial charge in [-0.25, -0.2) is 4.39 Å². The lowest BCUT2D eigenvalue weighted by Gasteiger charge is -2.00. The molecular weight excluding hydrogens is 181 g/mol. The van der Waals surface area contributed by atoms with Gasteiger partial charge in [0.1, 0.15) is 5.82 Å². The molecule has 1 aromatic rings. The molecule has 1 aromatic carbocycles. The first-order valence-electron chi connectivity index (χ1n) is 4.77. The van der Waals surface area contributed by atoms with Crippen LogP contribution in [-0.2, 0) is 13.2 Å². The summed E-state index contributed by atoms with van der Waals surface area (Å²) in [6.45, 7) is 4.30. The van der Waals surface area contributed by atoms with Crippen LogP contribution < -0.4 is 5.73 Å². The number of benzene rings is 1. The molecule has 0 atom stereocenters. The van der Waals surface area contributed by atoms with Crippen molar-refractivity contribution in [3.63, 3.8) is 0 Å². The second kappa shape index (κ2) is 7.47. The summed E-state index contributed by atoms with van der Waals surface area (Å²) in [5, 5.41) is 8.63. The molecular formula is C11H18FNO. The number of hydrogen-bond acceptors (Lipinski definition) is 2. The summed E-state index contributed by atoms with van der Waals surface area (Å²) in [6.07, 6.45) is 1.25. The van der Waals surface area contributed by atoms with E-state index >= 15 is 0 Å². The summed E-state index contributed by atoms with van der Waals surface area (Å²) in [5.41, 5.74) is 6.28. The molecule has 0 aliphatic rings. The van der Waals surface area contributed by atoms with Gasteiger partial charge in [-0.05, 0) is 11.6 Å². The number of aliphatic hydroxyl groups excluding tert-OH is 1. The van der Waals surface area contributed by atoms with E-state index in [2.05, 4.69) is 13.8 Å². The van der Waals surface area contributed by atoms with Crippen LogP contribution in [0.2, 0.25) is 0 Å². The lowest BCUT2D eigenvalue weighted by Crippen LogP contribution is -2.00. The first-order valence-corrected chi connectivity index (χ1v) is 4.77. The predicted octanol–water partition coefficient (Wildman–Crippen LogP) is 2.19. The van der Waals surface area contributed by atoms with Crippen molar-refractivity contribution in [1.82, 2.24) is 0 Å². The van der Waals surface area contributed by atoms with Crippen LogP contribution in [0.4, 0.5) is 4.39 Å². The fourth-order valence-electron chi connectivity index (χ4n) is 0.855. The van der Waals surface area contributed by atoms with Crippen molar-refractivity contribution in [2.24, 2.45) is 5.73 Å². The van der Waals surface area contributed by atoms with Crippen LogP contribution in [0.1, 0.15) is 31.4 Å². The third kappa shape index (κ3) is 4.35. The minimum Gasteiger partial charge on any atom is -0.392 e. The summed E-state index contributed by atoms with van der Waals surface area (Å²) in [6, 6.07) is 4.54. The van der Waals surface area contributed by atoms with Gasteiger partial charge in [0.2, 0.25) is 0 Å². The molecule has 0 saturated carbocycles. The highest BCUT2D eigenvalue weighted by molar-refractivity contribution is 5.23. The van der Waals surface area contributed by atoms with E-state index in [9.17, 15) is 4.39 Å². The van der Waals surface area contributed by atoms with Gasteiger partial charge in [-0.15, -0.1) is 0 Å². The highest BCUT2D eigenvalue weighted by atomic mass is 19.1. The Balaban J connectivity index is 0.000000500. The second-order valence-electron chi connectivity index (χ2n) is 3.00. The molecule has 80 valence electrons. The van der Waals surface area contributed by atoms with Gasteiger partial charge in [-0.1, -0.05) is 32.4 Å². The van der Waals surface area contributed by atoms with Crippen LogP contribution in [0.5, 0.6) is 0 Å². The fourth-order valence-corrected chi connectivity index (χ4v) is 0.855. The topological polar surface area (TPSA) is 46.2 Å². The zero-order chi connectivity index (χ0) is 11.0. The van der Waals surface area contributed by atoms with Crippen LogP contribution in [-0.4, -0.2) is 5.11 Å². The van der Waals surface area contributed by atoms with E-state index in [1.807, 2.05) is 0 Å². The Morgan fingerprint density at radius 3 is 2.29 bits per heavy atom. The average molecular weight is 199 g/mol. The lowest BCUT2D eigenvalue weighted by molar-refractivity contribution is 0.281. The Kier molecular flexibility index (Phi) is 6.98. The summed E-state index contributed by atoms with van der Waals surface area (Å²) < 4.78 is 12.8. The third-order valence-electron chi connectivity index (χ3n) is 1.52. The molecule has 1 rings (SSSR count). The monoisotopic (exact) mass is 199 g/mol. The molecule has 0 bridgehead atoms. The largest absolute Gasteiger partial charge is 0.392 e. The van der Waals surface area contributed by atoms with Crippen molar-refractivity contribution in [1.29, 1.82) is 0 Å². The van der Waals surface area contributed by atoms with Crippen LogP contribution in [0, 0.1) is 5.82 Å². The predicted molar refractivity (Wildman–Crippen MR) is 56.2 cm³/mol. The smallest absolute Gasteiger partial charge is 0.128 e. The number of halogens is 1. The van der Waals surface area contributed by atoms with Crippen molar-refractivity contribution < 1.29 is 9.50 Å². The summed E-state index contributed by atoms with van der Waals surface area (Å²) in [5.74, 6) is -0.348. The van der Waals surface area contributed by atoms with E-state index in [-0.39, 0.29) is 19.0 Å². The standard InChI is InChI=1S/C8H10FNO.C3H8/c9-8-3-6(5-11)1-2-7(8)4-10;1-3-2/h1-3,11H,4-5,10H2;3H2,1-2H3. The Hall–Kier alpha value is -0.930. The van der Waals surface area contributed by atoms with Crippen LogP contribution in [0.3, 0.4) is 0 Å². The average Bonchev–Trinajstić information content (AvgIpc) is 2.19. The molecule has 3 N–H and O–H groups in total. The maximum Gasteiger partial charge on any atom is 0.128 e. The highest BCUT2D eigenvalue weighted by Gasteiger charge is 1.99. The van der Waals surface area contributed by atoms with Crippen molar-refractivity contribution >= 4 is 0 Å². The molecule has 0 aliphatic heterocycles. The van der Waals surface area contributed by atoms with Gasteiger partial charge in [-0.3, -0.25) is 0 Å². The normalized spacial score (nSPS) is 9.21. The zero-order valence-corrected chi connectivity index (χ0v) is 8.76. The van der Waals surface area contributed by atoms with Crippen molar-refractivity contribution in [3.05, 3.63) is 35.1 Å². The minimum atomic E-state index is -0.348. The molecule has 0 aromatic heterocycles. The van der Waals surface area contributed by atoms with Crippen LogP contribution >= 0.6 is 0 Å². The van der Waals surface area contributed by atoms with Crippen molar-refractivity contribution in [3.8, 4) is 0 Å². The quantitative estimate of drug-likeness (QED) is 0.767. The molecule has 0 radical (unpaired) electrons. The Morgan fingerprint density at radius 1 is 1.36 bits per heavy atom. The molecule has 0 spiro atoms.